The average molecular weight is 426 g/mol. The number of carbonyl (C=O) groups is 1. The first kappa shape index (κ1) is 20.0. The SMILES string of the molecule is COC(=O)c1ccc(NC(=S)N2CCCC3=CC4CC(CN5CCCC[C@H]45)[C@@H]32)cc1. The third-order valence-electron chi connectivity index (χ3n) is 7.48. The molecule has 3 fully saturated rings. The zero-order valence-electron chi connectivity index (χ0n) is 17.7. The van der Waals surface area contributed by atoms with Crippen LogP contribution >= 0.6 is 12.2 Å². The Labute approximate surface area is 184 Å². The zero-order valence-corrected chi connectivity index (χ0v) is 18.5. The maximum atomic E-state index is 11.7. The standard InChI is InChI=1S/C24H31N3O2S/c1-29-23(28)16-7-9-20(10-8-16)25-24(30)27-12-4-5-17-13-18-14-19(22(17)27)15-26-11-3-2-6-21(18)26/h7-10,13,18-19,21-22H,2-6,11-12,14-15H2,1H3,(H,25,30)/t18?,19?,21-,22-/m1/s1. The van der Waals surface area contributed by atoms with Gasteiger partial charge in [-0.3, -0.25) is 4.90 Å². The fraction of sp³-hybridized carbons (Fsp3) is 0.583. The summed E-state index contributed by atoms with van der Waals surface area (Å²) < 4.78 is 4.78. The van der Waals surface area contributed by atoms with E-state index in [-0.39, 0.29) is 5.97 Å². The molecule has 0 radical (unpaired) electrons. The molecule has 6 heteroatoms. The van der Waals surface area contributed by atoms with Gasteiger partial charge in [-0.1, -0.05) is 18.1 Å². The highest BCUT2D eigenvalue weighted by molar-refractivity contribution is 7.80. The summed E-state index contributed by atoms with van der Waals surface area (Å²) in [5, 5.41) is 4.22. The Bertz CT molecular complexity index is 853. The first-order valence-corrected chi connectivity index (χ1v) is 11.8. The second-order valence-electron chi connectivity index (χ2n) is 9.20. The molecule has 0 amide bonds. The van der Waals surface area contributed by atoms with Crippen molar-refractivity contribution in [2.75, 3.05) is 32.1 Å². The minimum atomic E-state index is -0.319. The molecule has 3 saturated heterocycles. The molecule has 0 spiro atoms. The summed E-state index contributed by atoms with van der Waals surface area (Å²) in [6, 6.07) is 8.57. The lowest BCUT2D eigenvalue weighted by Gasteiger charge is -2.55. The summed E-state index contributed by atoms with van der Waals surface area (Å²) in [6.45, 7) is 3.50. The van der Waals surface area contributed by atoms with Gasteiger partial charge in [-0.25, -0.2) is 4.79 Å². The summed E-state index contributed by atoms with van der Waals surface area (Å²) in [5.41, 5.74) is 3.09. The Balaban J connectivity index is 1.33. The van der Waals surface area contributed by atoms with Gasteiger partial charge in [0.2, 0.25) is 0 Å². The molecule has 5 rings (SSSR count). The van der Waals surface area contributed by atoms with Crippen LogP contribution in [0, 0.1) is 11.8 Å². The molecule has 160 valence electrons. The smallest absolute Gasteiger partial charge is 0.337 e. The van der Waals surface area contributed by atoms with E-state index in [0.717, 1.165) is 29.3 Å². The molecule has 1 aromatic carbocycles. The first-order chi connectivity index (χ1) is 14.6. The Kier molecular flexibility index (Phi) is 5.54. The molecule has 0 aromatic heterocycles. The summed E-state index contributed by atoms with van der Waals surface area (Å²) in [4.78, 5) is 16.9. The maximum Gasteiger partial charge on any atom is 0.337 e. The van der Waals surface area contributed by atoms with Crippen molar-refractivity contribution < 1.29 is 9.53 Å². The number of thiocarbonyl (C=S) groups is 1. The highest BCUT2D eigenvalue weighted by atomic mass is 32.1. The van der Waals surface area contributed by atoms with Gasteiger partial charge in [0.25, 0.3) is 0 Å². The number of ether oxygens (including phenoxy) is 1. The second-order valence-corrected chi connectivity index (χ2v) is 9.59. The molecule has 1 aliphatic carbocycles. The fourth-order valence-electron chi connectivity index (χ4n) is 6.20. The number of fused-ring (bicyclic) bond motifs is 6. The van der Waals surface area contributed by atoms with Crippen molar-refractivity contribution in [1.82, 2.24) is 9.80 Å². The number of piperidine rings is 3. The van der Waals surface area contributed by atoms with Crippen molar-refractivity contribution in [3.8, 4) is 0 Å². The number of esters is 1. The molecular formula is C24H31N3O2S. The van der Waals surface area contributed by atoms with E-state index in [1.54, 1.807) is 17.7 Å². The van der Waals surface area contributed by atoms with E-state index in [2.05, 4.69) is 21.2 Å². The van der Waals surface area contributed by atoms with E-state index in [9.17, 15) is 4.79 Å². The lowest BCUT2D eigenvalue weighted by molar-refractivity contribution is 0.0132. The van der Waals surface area contributed by atoms with Gasteiger partial charge in [-0.05, 0) is 87.0 Å². The van der Waals surface area contributed by atoms with E-state index in [0.29, 0.717) is 17.5 Å². The number of hydrogen-bond donors (Lipinski definition) is 1. The van der Waals surface area contributed by atoms with Crippen LogP contribution in [0.4, 0.5) is 5.69 Å². The van der Waals surface area contributed by atoms with Crippen molar-refractivity contribution in [3.63, 3.8) is 0 Å². The van der Waals surface area contributed by atoms with E-state index in [1.165, 1.54) is 58.7 Å². The van der Waals surface area contributed by atoms with Gasteiger partial charge in [0.15, 0.2) is 5.11 Å². The van der Waals surface area contributed by atoms with Gasteiger partial charge in [0, 0.05) is 24.8 Å². The van der Waals surface area contributed by atoms with Gasteiger partial charge in [-0.15, -0.1) is 0 Å². The van der Waals surface area contributed by atoms with Gasteiger partial charge in [-0.2, -0.15) is 0 Å². The second kappa shape index (κ2) is 8.31. The number of nitrogens with one attached hydrogen (secondary N) is 1. The van der Waals surface area contributed by atoms with E-state index in [1.807, 2.05) is 12.1 Å². The van der Waals surface area contributed by atoms with Gasteiger partial charge in [0.1, 0.15) is 0 Å². The number of likely N-dealkylation sites (tertiary alicyclic amines) is 1. The largest absolute Gasteiger partial charge is 0.465 e. The number of methoxy groups -OCH3 is 1. The normalized spacial score (nSPS) is 30.6. The van der Waals surface area contributed by atoms with Crippen molar-refractivity contribution in [2.45, 2.75) is 50.6 Å². The predicted octanol–water partition coefficient (Wildman–Crippen LogP) is 4.07. The van der Waals surface area contributed by atoms with Gasteiger partial charge in [0.05, 0.1) is 18.7 Å². The van der Waals surface area contributed by atoms with Crippen molar-refractivity contribution in [3.05, 3.63) is 41.5 Å². The number of benzene rings is 1. The van der Waals surface area contributed by atoms with E-state index in [4.69, 9.17) is 17.0 Å². The van der Waals surface area contributed by atoms with Crippen LogP contribution in [0.25, 0.3) is 0 Å². The molecule has 3 aliphatic heterocycles. The molecule has 1 aromatic rings. The summed E-state index contributed by atoms with van der Waals surface area (Å²) in [5.74, 6) is 1.09. The van der Waals surface area contributed by atoms with E-state index >= 15 is 0 Å². The number of rotatable bonds is 2. The third kappa shape index (κ3) is 3.65. The molecule has 4 atom stereocenters. The lowest BCUT2D eigenvalue weighted by Crippen LogP contribution is -2.60. The number of anilines is 1. The Morgan fingerprint density at radius 3 is 2.80 bits per heavy atom. The molecule has 3 heterocycles. The van der Waals surface area contributed by atoms with Crippen molar-refractivity contribution in [1.29, 1.82) is 0 Å². The van der Waals surface area contributed by atoms with Crippen LogP contribution in [0.3, 0.4) is 0 Å². The number of nitrogens with zero attached hydrogens (tertiary/aromatic N) is 2. The summed E-state index contributed by atoms with van der Waals surface area (Å²) >= 11 is 5.88. The van der Waals surface area contributed by atoms with Crippen LogP contribution in [0.5, 0.6) is 0 Å². The molecule has 1 N–H and O–H groups in total. The molecule has 4 aliphatic rings. The maximum absolute atomic E-state index is 11.7. The molecule has 0 saturated carbocycles. The average Bonchev–Trinajstić information content (AvgIpc) is 2.78. The predicted molar refractivity (Wildman–Crippen MR) is 123 cm³/mol. The van der Waals surface area contributed by atoms with Gasteiger partial charge >= 0.3 is 5.97 Å². The van der Waals surface area contributed by atoms with Crippen LogP contribution in [0.2, 0.25) is 0 Å². The molecule has 2 bridgehead atoms. The van der Waals surface area contributed by atoms with Crippen molar-refractivity contribution >= 4 is 29.0 Å². The molecular weight excluding hydrogens is 394 g/mol. The Morgan fingerprint density at radius 2 is 2.00 bits per heavy atom. The lowest BCUT2D eigenvalue weighted by atomic mass is 9.68. The Hall–Kier alpha value is -1.92. The highest BCUT2D eigenvalue weighted by Gasteiger charge is 2.46. The minimum absolute atomic E-state index is 0.319. The molecule has 30 heavy (non-hydrogen) atoms. The molecule has 2 unspecified atom stereocenters. The highest BCUT2D eigenvalue weighted by Crippen LogP contribution is 2.45. The van der Waals surface area contributed by atoms with Crippen LogP contribution < -0.4 is 5.32 Å². The van der Waals surface area contributed by atoms with E-state index < -0.39 is 0 Å². The van der Waals surface area contributed by atoms with Gasteiger partial charge < -0.3 is 15.0 Å². The van der Waals surface area contributed by atoms with Crippen LogP contribution in [0.1, 0.15) is 48.9 Å². The minimum Gasteiger partial charge on any atom is -0.465 e. The van der Waals surface area contributed by atoms with Crippen LogP contribution in [0.15, 0.2) is 35.9 Å². The monoisotopic (exact) mass is 425 g/mol. The van der Waals surface area contributed by atoms with Crippen LogP contribution in [-0.4, -0.2) is 59.7 Å². The first-order valence-electron chi connectivity index (χ1n) is 11.3. The quantitative estimate of drug-likeness (QED) is 0.438. The zero-order chi connectivity index (χ0) is 20.7. The van der Waals surface area contributed by atoms with Crippen molar-refractivity contribution in [2.24, 2.45) is 11.8 Å². The Morgan fingerprint density at radius 1 is 1.17 bits per heavy atom. The fourth-order valence-corrected chi connectivity index (χ4v) is 6.53. The summed E-state index contributed by atoms with van der Waals surface area (Å²) in [7, 11) is 1.40. The summed E-state index contributed by atoms with van der Waals surface area (Å²) in [6.07, 6.45) is 10.4. The molecule has 5 nitrogen and oxygen atoms in total. The third-order valence-corrected chi connectivity index (χ3v) is 7.81. The topological polar surface area (TPSA) is 44.8 Å². The van der Waals surface area contributed by atoms with Crippen LogP contribution in [-0.2, 0) is 4.74 Å². The number of hydrogen-bond acceptors (Lipinski definition) is 4. The number of carbonyl (C=O) groups excluding carboxylic acids is 1.